The molecule has 0 radical (unpaired) electrons. The summed E-state index contributed by atoms with van der Waals surface area (Å²) in [5, 5.41) is 13.6. The molecular formula is C22H16FN3O2. The van der Waals surface area contributed by atoms with E-state index in [4.69, 9.17) is 4.52 Å². The van der Waals surface area contributed by atoms with Gasteiger partial charge in [-0.15, -0.1) is 0 Å². The van der Waals surface area contributed by atoms with Gasteiger partial charge in [0, 0.05) is 24.1 Å². The molecule has 0 spiro atoms. The van der Waals surface area contributed by atoms with Gasteiger partial charge >= 0.3 is 0 Å². The Morgan fingerprint density at radius 3 is 2.64 bits per heavy atom. The quantitative estimate of drug-likeness (QED) is 0.514. The summed E-state index contributed by atoms with van der Waals surface area (Å²) in [6, 6.07) is 17.2. The van der Waals surface area contributed by atoms with Gasteiger partial charge in [0.2, 0.25) is 0 Å². The second-order valence-corrected chi connectivity index (χ2v) is 6.50. The molecule has 0 fully saturated rings. The number of nitriles is 1. The Labute approximate surface area is 161 Å². The molecule has 1 aliphatic rings. The topological polar surface area (TPSA) is 70.1 Å². The average Bonchev–Trinajstić information content (AvgIpc) is 3.16. The molecule has 0 aliphatic carbocycles. The van der Waals surface area contributed by atoms with Crippen LogP contribution in [0, 0.1) is 17.1 Å². The smallest absolute Gasteiger partial charge is 0.264 e. The number of rotatable bonds is 3. The Bertz CT molecular complexity index is 1080. The van der Waals surface area contributed by atoms with Crippen LogP contribution in [0.25, 0.3) is 17.4 Å². The van der Waals surface area contributed by atoms with Crippen molar-refractivity contribution in [1.82, 2.24) is 10.1 Å². The van der Waals surface area contributed by atoms with Gasteiger partial charge in [0.25, 0.3) is 5.91 Å². The molecule has 138 valence electrons. The molecule has 3 aromatic rings. The van der Waals surface area contributed by atoms with E-state index >= 15 is 0 Å². The molecular weight excluding hydrogens is 357 g/mol. The van der Waals surface area contributed by atoms with Crippen molar-refractivity contribution in [3.8, 4) is 17.4 Å². The maximum atomic E-state index is 13.2. The van der Waals surface area contributed by atoms with Crippen molar-refractivity contribution in [3.05, 3.63) is 82.8 Å². The zero-order valence-corrected chi connectivity index (χ0v) is 14.9. The number of carbonyl (C=O) groups excluding carboxylic acids is 1. The van der Waals surface area contributed by atoms with Crippen LogP contribution in [0.15, 0.2) is 64.7 Å². The highest BCUT2D eigenvalue weighted by Gasteiger charge is 2.29. The van der Waals surface area contributed by atoms with Crippen molar-refractivity contribution < 1.29 is 13.7 Å². The van der Waals surface area contributed by atoms with Crippen LogP contribution in [-0.4, -0.2) is 22.5 Å². The fraction of sp³-hybridized carbons (Fsp3) is 0.136. The Hall–Kier alpha value is -3.72. The highest BCUT2D eigenvalue weighted by molar-refractivity contribution is 6.01. The number of amides is 1. The van der Waals surface area contributed by atoms with Crippen molar-refractivity contribution in [2.75, 3.05) is 6.54 Å². The van der Waals surface area contributed by atoms with Crippen LogP contribution in [0.4, 0.5) is 4.39 Å². The summed E-state index contributed by atoms with van der Waals surface area (Å²) in [5.41, 5.74) is 3.15. The van der Waals surface area contributed by atoms with E-state index in [-0.39, 0.29) is 23.8 Å². The SMILES string of the molecule is N#C/C(=C\c1ccccc1)C(=O)N1CCc2noc(-c3ccc(F)cc3)c2C1. The molecule has 4 rings (SSSR count). The summed E-state index contributed by atoms with van der Waals surface area (Å²) in [6.07, 6.45) is 2.13. The molecule has 1 aliphatic heterocycles. The normalized spacial score (nSPS) is 13.7. The van der Waals surface area contributed by atoms with Crippen LogP contribution in [0.5, 0.6) is 0 Å². The van der Waals surface area contributed by atoms with Gasteiger partial charge in [-0.3, -0.25) is 4.79 Å². The van der Waals surface area contributed by atoms with E-state index in [1.807, 2.05) is 36.4 Å². The van der Waals surface area contributed by atoms with Crippen molar-refractivity contribution in [3.63, 3.8) is 0 Å². The third-order valence-electron chi connectivity index (χ3n) is 4.69. The van der Waals surface area contributed by atoms with Gasteiger partial charge in [0.1, 0.15) is 17.5 Å². The number of fused-ring (bicyclic) bond motifs is 1. The maximum absolute atomic E-state index is 13.2. The number of aromatic nitrogens is 1. The zero-order valence-electron chi connectivity index (χ0n) is 14.9. The summed E-state index contributed by atoms with van der Waals surface area (Å²) in [7, 11) is 0. The summed E-state index contributed by atoms with van der Waals surface area (Å²) in [4.78, 5) is 14.5. The molecule has 0 unspecified atom stereocenters. The fourth-order valence-corrected chi connectivity index (χ4v) is 3.24. The number of hydrogen-bond acceptors (Lipinski definition) is 4. The first-order valence-corrected chi connectivity index (χ1v) is 8.85. The molecule has 5 nitrogen and oxygen atoms in total. The highest BCUT2D eigenvalue weighted by atomic mass is 19.1. The van der Waals surface area contributed by atoms with E-state index in [0.29, 0.717) is 24.3 Å². The molecule has 0 bridgehead atoms. The van der Waals surface area contributed by atoms with E-state index in [9.17, 15) is 14.4 Å². The van der Waals surface area contributed by atoms with Crippen LogP contribution in [0.3, 0.4) is 0 Å². The third-order valence-corrected chi connectivity index (χ3v) is 4.69. The largest absolute Gasteiger partial charge is 0.356 e. The van der Waals surface area contributed by atoms with Crippen molar-refractivity contribution >= 4 is 12.0 Å². The van der Waals surface area contributed by atoms with E-state index < -0.39 is 0 Å². The molecule has 0 saturated carbocycles. The van der Waals surface area contributed by atoms with Gasteiger partial charge in [0.15, 0.2) is 5.76 Å². The predicted molar refractivity (Wildman–Crippen MR) is 101 cm³/mol. The Morgan fingerprint density at radius 2 is 1.93 bits per heavy atom. The first kappa shape index (κ1) is 17.7. The highest BCUT2D eigenvalue weighted by Crippen LogP contribution is 2.31. The standard InChI is InChI=1S/C22H16FN3O2/c23-18-8-6-16(7-9-18)21-19-14-26(11-10-20(19)25-28-21)22(27)17(13-24)12-15-4-2-1-3-5-15/h1-9,12H,10-11,14H2/b17-12+. The Kier molecular flexibility index (Phi) is 4.73. The minimum Gasteiger partial charge on any atom is -0.356 e. The Morgan fingerprint density at radius 1 is 1.18 bits per heavy atom. The molecule has 0 saturated heterocycles. The number of halogens is 1. The molecule has 1 amide bonds. The average molecular weight is 373 g/mol. The molecule has 6 heteroatoms. The molecule has 1 aromatic heterocycles. The van der Waals surface area contributed by atoms with E-state index in [0.717, 1.165) is 16.8 Å². The number of nitrogens with zero attached hydrogens (tertiary/aromatic N) is 3. The monoisotopic (exact) mass is 373 g/mol. The van der Waals surface area contributed by atoms with Gasteiger partial charge in [0.05, 0.1) is 12.2 Å². The second-order valence-electron chi connectivity index (χ2n) is 6.50. The molecule has 28 heavy (non-hydrogen) atoms. The lowest BCUT2D eigenvalue weighted by Gasteiger charge is -2.26. The maximum Gasteiger partial charge on any atom is 0.264 e. The summed E-state index contributed by atoms with van der Waals surface area (Å²) in [5.74, 6) is -0.139. The van der Waals surface area contributed by atoms with E-state index in [1.54, 1.807) is 23.1 Å². The van der Waals surface area contributed by atoms with Crippen molar-refractivity contribution in [1.29, 1.82) is 5.26 Å². The lowest BCUT2D eigenvalue weighted by Crippen LogP contribution is -2.36. The molecule has 0 N–H and O–H groups in total. The first-order valence-electron chi connectivity index (χ1n) is 8.85. The molecule has 0 atom stereocenters. The predicted octanol–water partition coefficient (Wildman–Crippen LogP) is 3.97. The number of benzene rings is 2. The third kappa shape index (κ3) is 3.42. The summed E-state index contributed by atoms with van der Waals surface area (Å²) in [6.45, 7) is 0.743. The summed E-state index contributed by atoms with van der Waals surface area (Å²) < 4.78 is 18.7. The van der Waals surface area contributed by atoms with Crippen LogP contribution < -0.4 is 0 Å². The van der Waals surface area contributed by atoms with Gasteiger partial charge in [-0.25, -0.2) is 4.39 Å². The number of hydrogen-bond donors (Lipinski definition) is 0. The van der Waals surface area contributed by atoms with Crippen LogP contribution in [0.2, 0.25) is 0 Å². The minimum absolute atomic E-state index is 0.0782. The van der Waals surface area contributed by atoms with Crippen LogP contribution in [0.1, 0.15) is 16.8 Å². The second kappa shape index (κ2) is 7.49. The van der Waals surface area contributed by atoms with Crippen LogP contribution in [-0.2, 0) is 17.8 Å². The van der Waals surface area contributed by atoms with Crippen molar-refractivity contribution in [2.24, 2.45) is 0 Å². The van der Waals surface area contributed by atoms with Crippen LogP contribution >= 0.6 is 0 Å². The van der Waals surface area contributed by atoms with Gasteiger partial charge < -0.3 is 9.42 Å². The number of carbonyl (C=O) groups is 1. The fourth-order valence-electron chi connectivity index (χ4n) is 3.24. The lowest BCUT2D eigenvalue weighted by atomic mass is 10.0. The van der Waals surface area contributed by atoms with Gasteiger partial charge in [-0.05, 0) is 35.9 Å². The first-order chi connectivity index (χ1) is 13.7. The summed E-state index contributed by atoms with van der Waals surface area (Å²) >= 11 is 0. The zero-order chi connectivity index (χ0) is 19.5. The Balaban J connectivity index is 1.61. The molecule has 2 aromatic carbocycles. The van der Waals surface area contributed by atoms with E-state index in [2.05, 4.69) is 5.16 Å². The molecule has 2 heterocycles. The lowest BCUT2D eigenvalue weighted by molar-refractivity contribution is -0.127. The van der Waals surface area contributed by atoms with E-state index in [1.165, 1.54) is 12.1 Å². The van der Waals surface area contributed by atoms with Crippen molar-refractivity contribution in [2.45, 2.75) is 13.0 Å². The minimum atomic E-state index is -0.335. The van der Waals surface area contributed by atoms with Gasteiger partial charge in [-0.2, -0.15) is 5.26 Å². The van der Waals surface area contributed by atoms with Gasteiger partial charge in [-0.1, -0.05) is 35.5 Å².